The van der Waals surface area contributed by atoms with Crippen molar-refractivity contribution in [3.8, 4) is 17.0 Å². The van der Waals surface area contributed by atoms with E-state index in [1.54, 1.807) is 6.92 Å². The maximum atomic E-state index is 13.8. The van der Waals surface area contributed by atoms with E-state index in [0.29, 0.717) is 11.1 Å². The van der Waals surface area contributed by atoms with Gasteiger partial charge in [0.15, 0.2) is 5.65 Å². The second-order valence-electron chi connectivity index (χ2n) is 5.27. The van der Waals surface area contributed by atoms with E-state index >= 15 is 0 Å². The molecule has 0 unspecified atom stereocenters. The largest absolute Gasteiger partial charge is 0.573 e. The average Bonchev–Trinajstić information content (AvgIpc) is 2.97. The van der Waals surface area contributed by atoms with Crippen molar-refractivity contribution in [1.29, 1.82) is 0 Å². The van der Waals surface area contributed by atoms with E-state index in [4.69, 9.17) is 0 Å². The monoisotopic (exact) mass is 374 g/mol. The molecule has 0 aliphatic carbocycles. The normalized spacial score (nSPS) is 12.6. The molecule has 1 aromatic carbocycles. The van der Waals surface area contributed by atoms with Gasteiger partial charge in [0.25, 0.3) is 0 Å². The summed E-state index contributed by atoms with van der Waals surface area (Å²) in [5.41, 5.74) is 1.14. The Morgan fingerprint density at radius 3 is 2.42 bits per heavy atom. The van der Waals surface area contributed by atoms with Crippen molar-refractivity contribution in [2.75, 3.05) is 7.11 Å². The van der Waals surface area contributed by atoms with E-state index in [9.17, 15) is 22.0 Å². The number of nitrogens with zero attached hydrogens (tertiary/aromatic N) is 4. The molecule has 3 rings (SSSR count). The highest BCUT2D eigenvalue weighted by atomic mass is 19.4. The van der Waals surface area contributed by atoms with Crippen LogP contribution in [0.1, 0.15) is 11.4 Å². The van der Waals surface area contributed by atoms with Crippen molar-refractivity contribution in [1.82, 2.24) is 19.6 Å². The molecule has 11 heteroatoms. The van der Waals surface area contributed by atoms with Crippen molar-refractivity contribution in [3.63, 3.8) is 0 Å². The standard InChI is InChI=1S/C15H11F5N4O2/c1-8-5-9(26-15(18,19)20)3-4-10(8)11-7-24-12(6-21-11)22-23-13(24)14(16,17)25-2/h3-7H,1-2H3. The molecular formula is C15H11F5N4O2. The predicted molar refractivity (Wildman–Crippen MR) is 78.5 cm³/mol. The molecule has 0 spiro atoms. The van der Waals surface area contributed by atoms with Crippen LogP contribution in [0.2, 0.25) is 0 Å². The fraction of sp³-hybridized carbons (Fsp3) is 0.267. The molecular weight excluding hydrogens is 363 g/mol. The number of aryl methyl sites for hydroxylation is 1. The Hall–Kier alpha value is -2.82. The van der Waals surface area contributed by atoms with E-state index in [1.807, 2.05) is 0 Å². The maximum Gasteiger partial charge on any atom is 0.573 e. The van der Waals surface area contributed by atoms with E-state index in [-0.39, 0.29) is 11.3 Å². The molecule has 0 bridgehead atoms. The first-order valence-corrected chi connectivity index (χ1v) is 7.12. The van der Waals surface area contributed by atoms with Crippen LogP contribution in [0.5, 0.6) is 5.75 Å². The zero-order valence-corrected chi connectivity index (χ0v) is 13.4. The van der Waals surface area contributed by atoms with Crippen LogP contribution in [0.3, 0.4) is 0 Å². The summed E-state index contributed by atoms with van der Waals surface area (Å²) in [6, 6.07) is 3.63. The molecule has 0 aliphatic rings. The van der Waals surface area contributed by atoms with Crippen LogP contribution in [0.4, 0.5) is 22.0 Å². The minimum atomic E-state index is -4.81. The number of ether oxygens (including phenoxy) is 2. The molecule has 0 saturated carbocycles. The van der Waals surface area contributed by atoms with Crippen LogP contribution in [0.25, 0.3) is 16.9 Å². The first kappa shape index (κ1) is 18.0. The van der Waals surface area contributed by atoms with Gasteiger partial charge in [0.05, 0.1) is 11.9 Å². The SMILES string of the molecule is COC(F)(F)c1nnc2cnc(-c3ccc(OC(F)(F)F)cc3C)cn12. The van der Waals surface area contributed by atoms with Crippen molar-refractivity contribution >= 4 is 5.65 Å². The van der Waals surface area contributed by atoms with Crippen LogP contribution in [0, 0.1) is 6.92 Å². The van der Waals surface area contributed by atoms with Gasteiger partial charge in [-0.25, -0.2) is 0 Å². The Morgan fingerprint density at radius 1 is 1.08 bits per heavy atom. The van der Waals surface area contributed by atoms with E-state index in [0.717, 1.165) is 17.6 Å². The number of fused-ring (bicyclic) bond motifs is 1. The van der Waals surface area contributed by atoms with Gasteiger partial charge < -0.3 is 9.47 Å². The Bertz CT molecular complexity index is 955. The van der Waals surface area contributed by atoms with Gasteiger partial charge in [0.2, 0.25) is 5.82 Å². The van der Waals surface area contributed by atoms with Gasteiger partial charge in [0.1, 0.15) is 5.75 Å². The third-order valence-electron chi connectivity index (χ3n) is 3.52. The van der Waals surface area contributed by atoms with Crippen molar-refractivity contribution in [2.24, 2.45) is 0 Å². The van der Waals surface area contributed by atoms with Crippen molar-refractivity contribution in [3.05, 3.63) is 42.0 Å². The van der Waals surface area contributed by atoms with Crippen LogP contribution in [0.15, 0.2) is 30.6 Å². The highest BCUT2D eigenvalue weighted by molar-refractivity contribution is 5.65. The summed E-state index contributed by atoms with van der Waals surface area (Å²) in [5, 5.41) is 6.99. The summed E-state index contributed by atoms with van der Waals surface area (Å²) in [6.07, 6.45) is -6.01. The van der Waals surface area contributed by atoms with E-state index < -0.39 is 24.0 Å². The highest BCUT2D eigenvalue weighted by Crippen LogP contribution is 2.31. The van der Waals surface area contributed by atoms with Gasteiger partial charge in [0, 0.05) is 18.9 Å². The lowest BCUT2D eigenvalue weighted by Gasteiger charge is -2.13. The molecule has 0 N–H and O–H groups in total. The highest BCUT2D eigenvalue weighted by Gasteiger charge is 2.37. The van der Waals surface area contributed by atoms with Gasteiger partial charge in [-0.3, -0.25) is 9.38 Å². The number of aromatic nitrogens is 4. The summed E-state index contributed by atoms with van der Waals surface area (Å²) in [4.78, 5) is 4.09. The molecule has 3 aromatic rings. The number of benzene rings is 1. The lowest BCUT2D eigenvalue weighted by atomic mass is 10.1. The zero-order chi connectivity index (χ0) is 19.1. The van der Waals surface area contributed by atoms with Crippen LogP contribution in [-0.4, -0.2) is 33.1 Å². The molecule has 138 valence electrons. The Kier molecular flexibility index (Phi) is 4.26. The average molecular weight is 374 g/mol. The predicted octanol–water partition coefficient (Wildman–Crippen LogP) is 3.69. The smallest absolute Gasteiger partial charge is 0.406 e. The number of hydrogen-bond acceptors (Lipinski definition) is 5. The Morgan fingerprint density at radius 2 is 1.81 bits per heavy atom. The quantitative estimate of drug-likeness (QED) is 0.652. The van der Waals surface area contributed by atoms with Crippen LogP contribution in [-0.2, 0) is 10.8 Å². The molecule has 2 heterocycles. The third kappa shape index (κ3) is 3.43. The maximum absolute atomic E-state index is 13.8. The number of hydrogen-bond donors (Lipinski definition) is 0. The summed E-state index contributed by atoms with van der Waals surface area (Å²) < 4.78 is 73.4. The lowest BCUT2D eigenvalue weighted by molar-refractivity contribution is -0.274. The molecule has 26 heavy (non-hydrogen) atoms. The second kappa shape index (κ2) is 6.16. The molecule has 0 radical (unpaired) electrons. The number of rotatable bonds is 4. The number of alkyl halides is 5. The number of halogens is 5. The van der Waals surface area contributed by atoms with Gasteiger partial charge in [-0.05, 0) is 30.7 Å². The molecule has 6 nitrogen and oxygen atoms in total. The van der Waals surface area contributed by atoms with Crippen molar-refractivity contribution < 1.29 is 31.4 Å². The van der Waals surface area contributed by atoms with Gasteiger partial charge in [-0.2, -0.15) is 8.78 Å². The van der Waals surface area contributed by atoms with Crippen LogP contribution < -0.4 is 4.74 Å². The lowest BCUT2D eigenvalue weighted by Crippen LogP contribution is -2.19. The first-order valence-electron chi connectivity index (χ1n) is 7.12. The molecule has 0 aliphatic heterocycles. The molecule has 0 amide bonds. The fourth-order valence-electron chi connectivity index (χ4n) is 2.35. The Labute approximate surface area is 143 Å². The topological polar surface area (TPSA) is 61.5 Å². The van der Waals surface area contributed by atoms with E-state index in [1.165, 1.54) is 24.5 Å². The molecule has 0 saturated heterocycles. The second-order valence-corrected chi connectivity index (χ2v) is 5.27. The first-order chi connectivity index (χ1) is 12.1. The van der Waals surface area contributed by atoms with Crippen LogP contribution >= 0.6 is 0 Å². The van der Waals surface area contributed by atoms with Gasteiger partial charge in [-0.1, -0.05) is 0 Å². The van der Waals surface area contributed by atoms with Crippen molar-refractivity contribution in [2.45, 2.75) is 19.4 Å². The zero-order valence-electron chi connectivity index (χ0n) is 13.4. The minimum Gasteiger partial charge on any atom is -0.406 e. The minimum absolute atomic E-state index is 0.0650. The summed E-state index contributed by atoms with van der Waals surface area (Å²) in [7, 11) is 0.826. The molecule has 0 atom stereocenters. The summed E-state index contributed by atoms with van der Waals surface area (Å²) in [6.45, 7) is 1.54. The van der Waals surface area contributed by atoms with E-state index in [2.05, 4.69) is 24.7 Å². The number of methoxy groups -OCH3 is 1. The van der Waals surface area contributed by atoms with Gasteiger partial charge >= 0.3 is 12.5 Å². The Balaban J connectivity index is 2.04. The molecule has 0 fully saturated rings. The molecule has 2 aromatic heterocycles. The third-order valence-corrected chi connectivity index (χ3v) is 3.52. The van der Waals surface area contributed by atoms with Gasteiger partial charge in [-0.15, -0.1) is 23.4 Å². The summed E-state index contributed by atoms with van der Waals surface area (Å²) >= 11 is 0. The fourth-order valence-corrected chi connectivity index (χ4v) is 2.35. The summed E-state index contributed by atoms with van der Waals surface area (Å²) in [5.74, 6) is -1.14.